The molecular formula is C8H15N3O. The van der Waals surface area contributed by atoms with Gasteiger partial charge in [-0.25, -0.2) is 0 Å². The summed E-state index contributed by atoms with van der Waals surface area (Å²) in [4.78, 5) is 10.5. The molecule has 0 aromatic rings. The lowest BCUT2D eigenvalue weighted by Gasteiger charge is -2.22. The topological polar surface area (TPSA) is 81.1 Å². The number of piperidine rings is 1. The second-order valence-electron chi connectivity index (χ2n) is 3.07. The minimum atomic E-state index is -0.453. The first-order valence-electron chi connectivity index (χ1n) is 4.17. The van der Waals surface area contributed by atoms with Crippen LogP contribution < -0.4 is 16.8 Å². The number of nitrogens with one attached hydrogen (secondary N) is 1. The van der Waals surface area contributed by atoms with Crippen LogP contribution in [0.5, 0.6) is 0 Å². The summed E-state index contributed by atoms with van der Waals surface area (Å²) in [7, 11) is 0. The minimum absolute atomic E-state index is 0.332. The Morgan fingerprint density at radius 1 is 1.33 bits per heavy atom. The van der Waals surface area contributed by atoms with E-state index in [0.29, 0.717) is 11.6 Å². The SMILES string of the molecule is NC(=O)/C=C(\N)C1CCNCC1. The fourth-order valence-corrected chi connectivity index (χ4v) is 1.44. The molecule has 4 nitrogen and oxygen atoms in total. The van der Waals surface area contributed by atoms with Crippen LogP contribution in [0.2, 0.25) is 0 Å². The third-order valence-electron chi connectivity index (χ3n) is 2.12. The molecule has 0 radical (unpaired) electrons. The van der Waals surface area contributed by atoms with E-state index in [9.17, 15) is 4.79 Å². The van der Waals surface area contributed by atoms with Crippen molar-refractivity contribution in [1.29, 1.82) is 0 Å². The Hall–Kier alpha value is -1.03. The van der Waals surface area contributed by atoms with Gasteiger partial charge in [0.2, 0.25) is 5.91 Å². The second-order valence-corrected chi connectivity index (χ2v) is 3.07. The van der Waals surface area contributed by atoms with Gasteiger partial charge in [0.1, 0.15) is 0 Å². The Morgan fingerprint density at radius 3 is 2.42 bits per heavy atom. The van der Waals surface area contributed by atoms with Gasteiger partial charge in [-0.1, -0.05) is 0 Å². The van der Waals surface area contributed by atoms with E-state index >= 15 is 0 Å². The molecule has 1 heterocycles. The van der Waals surface area contributed by atoms with Crippen LogP contribution in [-0.4, -0.2) is 19.0 Å². The van der Waals surface area contributed by atoms with E-state index in [1.54, 1.807) is 0 Å². The molecule has 1 saturated heterocycles. The van der Waals surface area contributed by atoms with Crippen LogP contribution in [0, 0.1) is 5.92 Å². The molecule has 1 aliphatic heterocycles. The molecule has 5 N–H and O–H groups in total. The third kappa shape index (κ3) is 2.54. The van der Waals surface area contributed by atoms with E-state index in [1.807, 2.05) is 0 Å². The van der Waals surface area contributed by atoms with E-state index in [0.717, 1.165) is 25.9 Å². The molecule has 1 amide bonds. The Kier molecular flexibility index (Phi) is 3.10. The fraction of sp³-hybridized carbons (Fsp3) is 0.625. The van der Waals surface area contributed by atoms with Gasteiger partial charge >= 0.3 is 0 Å². The fourth-order valence-electron chi connectivity index (χ4n) is 1.44. The highest BCUT2D eigenvalue weighted by Crippen LogP contribution is 2.16. The van der Waals surface area contributed by atoms with Crippen LogP contribution in [0.15, 0.2) is 11.8 Å². The Bertz CT molecular complexity index is 194. The lowest BCUT2D eigenvalue weighted by molar-refractivity contribution is -0.113. The highest BCUT2D eigenvalue weighted by Gasteiger charge is 2.15. The number of hydrogen-bond donors (Lipinski definition) is 3. The first-order chi connectivity index (χ1) is 5.70. The van der Waals surface area contributed by atoms with Gasteiger partial charge in [-0.2, -0.15) is 0 Å². The number of carbonyl (C=O) groups excluding carboxylic acids is 1. The molecule has 4 heteroatoms. The van der Waals surface area contributed by atoms with Crippen molar-refractivity contribution >= 4 is 5.91 Å². The number of amides is 1. The molecule has 1 fully saturated rings. The van der Waals surface area contributed by atoms with E-state index in [1.165, 1.54) is 6.08 Å². The van der Waals surface area contributed by atoms with E-state index in [2.05, 4.69) is 5.32 Å². The predicted molar refractivity (Wildman–Crippen MR) is 47.1 cm³/mol. The monoisotopic (exact) mass is 169 g/mol. The first kappa shape index (κ1) is 9.06. The largest absolute Gasteiger partial charge is 0.402 e. The second kappa shape index (κ2) is 4.11. The zero-order chi connectivity index (χ0) is 8.97. The van der Waals surface area contributed by atoms with Crippen molar-refractivity contribution < 1.29 is 4.79 Å². The van der Waals surface area contributed by atoms with Crippen LogP contribution in [0.3, 0.4) is 0 Å². The zero-order valence-electron chi connectivity index (χ0n) is 7.05. The summed E-state index contributed by atoms with van der Waals surface area (Å²) >= 11 is 0. The Labute approximate surface area is 72.0 Å². The quantitative estimate of drug-likeness (QED) is 0.479. The van der Waals surface area contributed by atoms with Gasteiger partial charge < -0.3 is 16.8 Å². The van der Waals surface area contributed by atoms with Crippen molar-refractivity contribution in [2.24, 2.45) is 17.4 Å². The maximum absolute atomic E-state index is 10.5. The summed E-state index contributed by atoms with van der Waals surface area (Å²) in [6.45, 7) is 1.94. The van der Waals surface area contributed by atoms with Crippen molar-refractivity contribution in [3.63, 3.8) is 0 Å². The number of hydrogen-bond acceptors (Lipinski definition) is 3. The predicted octanol–water partition coefficient (Wildman–Crippen LogP) is -0.686. The average Bonchev–Trinajstić information content (AvgIpc) is 2.05. The van der Waals surface area contributed by atoms with Crippen molar-refractivity contribution in [2.45, 2.75) is 12.8 Å². The van der Waals surface area contributed by atoms with Crippen LogP contribution in [0.4, 0.5) is 0 Å². The molecule has 0 spiro atoms. The molecule has 12 heavy (non-hydrogen) atoms. The van der Waals surface area contributed by atoms with E-state index in [4.69, 9.17) is 11.5 Å². The zero-order valence-corrected chi connectivity index (χ0v) is 7.05. The molecule has 1 aliphatic rings. The van der Waals surface area contributed by atoms with E-state index < -0.39 is 5.91 Å². The maximum atomic E-state index is 10.5. The van der Waals surface area contributed by atoms with Gasteiger partial charge in [0, 0.05) is 17.7 Å². The molecule has 68 valence electrons. The van der Waals surface area contributed by atoms with Crippen molar-refractivity contribution in [3.8, 4) is 0 Å². The molecule has 0 aromatic heterocycles. The average molecular weight is 169 g/mol. The number of primary amides is 1. The van der Waals surface area contributed by atoms with Crippen LogP contribution >= 0.6 is 0 Å². The molecule has 0 bridgehead atoms. The minimum Gasteiger partial charge on any atom is -0.402 e. The van der Waals surface area contributed by atoms with Crippen LogP contribution in [0.1, 0.15) is 12.8 Å². The Balaban J connectivity index is 2.49. The first-order valence-corrected chi connectivity index (χ1v) is 4.17. The van der Waals surface area contributed by atoms with Crippen molar-refractivity contribution in [3.05, 3.63) is 11.8 Å². The van der Waals surface area contributed by atoms with Gasteiger partial charge in [-0.15, -0.1) is 0 Å². The smallest absolute Gasteiger partial charge is 0.243 e. The van der Waals surface area contributed by atoms with Gasteiger partial charge in [0.15, 0.2) is 0 Å². The molecule has 0 atom stereocenters. The molecule has 0 aliphatic carbocycles. The molecule has 1 rings (SSSR count). The number of carbonyl (C=O) groups is 1. The highest BCUT2D eigenvalue weighted by molar-refractivity contribution is 5.86. The molecular weight excluding hydrogens is 154 g/mol. The van der Waals surface area contributed by atoms with Gasteiger partial charge in [-0.05, 0) is 25.9 Å². The summed E-state index contributed by atoms with van der Waals surface area (Å²) in [6, 6.07) is 0. The van der Waals surface area contributed by atoms with Gasteiger partial charge in [0.05, 0.1) is 0 Å². The lowest BCUT2D eigenvalue weighted by atomic mass is 9.94. The highest BCUT2D eigenvalue weighted by atomic mass is 16.1. The number of rotatable bonds is 2. The van der Waals surface area contributed by atoms with Crippen LogP contribution in [-0.2, 0) is 4.79 Å². The molecule has 0 saturated carbocycles. The van der Waals surface area contributed by atoms with Crippen molar-refractivity contribution in [2.75, 3.05) is 13.1 Å². The Morgan fingerprint density at radius 2 is 1.92 bits per heavy atom. The standard InChI is InChI=1S/C8H15N3O/c9-7(5-8(10)12)6-1-3-11-4-2-6/h5-6,11H,1-4,9H2,(H2,10,12)/b7-5-. The summed E-state index contributed by atoms with van der Waals surface area (Å²) in [5, 5.41) is 3.22. The molecule has 0 unspecified atom stereocenters. The summed E-state index contributed by atoms with van der Waals surface area (Å²) < 4.78 is 0. The van der Waals surface area contributed by atoms with Crippen LogP contribution in [0.25, 0.3) is 0 Å². The lowest BCUT2D eigenvalue weighted by Crippen LogP contribution is -2.31. The summed E-state index contributed by atoms with van der Waals surface area (Å²) in [5.74, 6) is -0.121. The maximum Gasteiger partial charge on any atom is 0.243 e. The van der Waals surface area contributed by atoms with Gasteiger partial charge in [-0.3, -0.25) is 4.79 Å². The summed E-state index contributed by atoms with van der Waals surface area (Å²) in [5.41, 5.74) is 11.3. The number of nitrogens with two attached hydrogens (primary N) is 2. The van der Waals surface area contributed by atoms with Crippen molar-refractivity contribution in [1.82, 2.24) is 5.32 Å². The normalized spacial score (nSPS) is 20.8. The van der Waals surface area contributed by atoms with Gasteiger partial charge in [0.25, 0.3) is 0 Å². The third-order valence-corrected chi connectivity index (χ3v) is 2.12. The van der Waals surface area contributed by atoms with E-state index in [-0.39, 0.29) is 0 Å². The number of allylic oxidation sites excluding steroid dienone is 1. The molecule has 0 aromatic carbocycles. The summed E-state index contributed by atoms with van der Waals surface area (Å²) in [6.07, 6.45) is 3.32.